The van der Waals surface area contributed by atoms with Crippen LogP contribution in [0.1, 0.15) is 24.4 Å². The van der Waals surface area contributed by atoms with Crippen molar-refractivity contribution in [3.8, 4) is 11.4 Å². The van der Waals surface area contributed by atoms with Gasteiger partial charge in [0.15, 0.2) is 5.82 Å². The first-order valence-corrected chi connectivity index (χ1v) is 11.1. The average Bonchev–Trinajstić information content (AvgIpc) is 3.47. The number of aromatic nitrogens is 3. The van der Waals surface area contributed by atoms with Crippen LogP contribution >= 0.6 is 11.8 Å². The Labute approximate surface area is 179 Å². The first-order valence-electron chi connectivity index (χ1n) is 10.2. The van der Waals surface area contributed by atoms with Crippen molar-refractivity contribution in [2.45, 2.75) is 35.4 Å². The Hall–Kier alpha value is -2.84. The summed E-state index contributed by atoms with van der Waals surface area (Å²) < 4.78 is 7.54. The first-order chi connectivity index (χ1) is 14.8. The topological polar surface area (TPSA) is 81.1 Å². The number of carbonyl (C=O) groups excluding carboxylic acids is 1. The van der Waals surface area contributed by atoms with E-state index in [-0.39, 0.29) is 23.3 Å². The molecule has 2 aliphatic heterocycles. The van der Waals surface area contributed by atoms with Gasteiger partial charge in [-0.1, -0.05) is 72.4 Å². The van der Waals surface area contributed by atoms with E-state index in [4.69, 9.17) is 4.74 Å². The number of benzene rings is 2. The first kappa shape index (κ1) is 19.1. The summed E-state index contributed by atoms with van der Waals surface area (Å²) in [5.41, 5.74) is 5.51. The summed E-state index contributed by atoms with van der Waals surface area (Å²) in [6.07, 6.45) is 2.16. The molecule has 1 saturated heterocycles. The third-order valence-corrected chi connectivity index (χ3v) is 6.63. The minimum Gasteiger partial charge on any atom is -0.376 e. The molecule has 3 heterocycles. The molecule has 5 rings (SSSR count). The maximum absolute atomic E-state index is 13.1. The number of ether oxygens (including phenoxy) is 1. The third kappa shape index (κ3) is 3.80. The Morgan fingerprint density at radius 3 is 2.63 bits per heavy atom. The monoisotopic (exact) mass is 421 g/mol. The zero-order valence-corrected chi connectivity index (χ0v) is 17.2. The number of nitrogens with one attached hydrogen (secondary N) is 2. The molecule has 1 aromatic heterocycles. The molecule has 2 aliphatic rings. The molecular formula is C22H23N5O2S. The molecule has 1 amide bonds. The molecule has 0 saturated carbocycles. The van der Waals surface area contributed by atoms with E-state index in [1.54, 1.807) is 0 Å². The van der Waals surface area contributed by atoms with E-state index in [2.05, 4.69) is 20.9 Å². The molecule has 30 heavy (non-hydrogen) atoms. The Bertz CT molecular complexity index is 1000. The number of hydrogen-bond acceptors (Lipinski definition) is 6. The normalized spacial score (nSPS) is 22.9. The van der Waals surface area contributed by atoms with Crippen LogP contribution in [-0.2, 0) is 9.53 Å². The highest BCUT2D eigenvalue weighted by atomic mass is 32.2. The van der Waals surface area contributed by atoms with Gasteiger partial charge >= 0.3 is 0 Å². The van der Waals surface area contributed by atoms with Crippen LogP contribution in [0.15, 0.2) is 65.8 Å². The summed E-state index contributed by atoms with van der Waals surface area (Å²) in [6.45, 7) is 1.32. The average molecular weight is 422 g/mol. The van der Waals surface area contributed by atoms with Gasteiger partial charge in [0, 0.05) is 18.7 Å². The van der Waals surface area contributed by atoms with Gasteiger partial charge in [-0.05, 0) is 18.4 Å². The van der Waals surface area contributed by atoms with Gasteiger partial charge in [-0.15, -0.1) is 10.2 Å². The molecule has 2 aromatic carbocycles. The zero-order chi connectivity index (χ0) is 20.3. The molecule has 3 atom stereocenters. The van der Waals surface area contributed by atoms with Gasteiger partial charge in [-0.3, -0.25) is 4.79 Å². The highest BCUT2D eigenvalue weighted by Gasteiger charge is 2.38. The predicted molar refractivity (Wildman–Crippen MR) is 116 cm³/mol. The van der Waals surface area contributed by atoms with Crippen molar-refractivity contribution in [1.29, 1.82) is 0 Å². The number of rotatable bonds is 5. The quantitative estimate of drug-likeness (QED) is 0.659. The van der Waals surface area contributed by atoms with Crippen LogP contribution in [0.2, 0.25) is 0 Å². The van der Waals surface area contributed by atoms with Gasteiger partial charge in [-0.2, -0.15) is 0 Å². The van der Waals surface area contributed by atoms with Gasteiger partial charge in [0.1, 0.15) is 5.25 Å². The van der Waals surface area contributed by atoms with E-state index in [1.165, 1.54) is 11.8 Å². The van der Waals surface area contributed by atoms with Gasteiger partial charge in [-0.25, -0.2) is 4.68 Å². The Morgan fingerprint density at radius 1 is 1.13 bits per heavy atom. The molecule has 0 radical (unpaired) electrons. The lowest BCUT2D eigenvalue weighted by atomic mass is 10.0. The molecule has 3 aromatic rings. The van der Waals surface area contributed by atoms with E-state index in [9.17, 15) is 4.79 Å². The molecule has 0 unspecified atom stereocenters. The summed E-state index contributed by atoms with van der Waals surface area (Å²) in [5.74, 6) is 0.713. The van der Waals surface area contributed by atoms with E-state index < -0.39 is 0 Å². The second-order valence-electron chi connectivity index (χ2n) is 7.44. The van der Waals surface area contributed by atoms with Gasteiger partial charge in [0.05, 0.1) is 12.1 Å². The molecule has 1 fully saturated rings. The minimum absolute atomic E-state index is 0.0210. The van der Waals surface area contributed by atoms with Crippen LogP contribution in [0.3, 0.4) is 0 Å². The molecule has 0 spiro atoms. The fourth-order valence-corrected chi connectivity index (χ4v) is 4.96. The Balaban J connectivity index is 1.43. The van der Waals surface area contributed by atoms with Crippen LogP contribution in [0.5, 0.6) is 0 Å². The van der Waals surface area contributed by atoms with Crippen LogP contribution < -0.4 is 10.7 Å². The van der Waals surface area contributed by atoms with E-state index in [1.807, 2.05) is 65.3 Å². The molecule has 154 valence electrons. The second-order valence-corrected chi connectivity index (χ2v) is 8.55. The van der Waals surface area contributed by atoms with Crippen molar-refractivity contribution < 1.29 is 9.53 Å². The SMILES string of the molecule is O=C(NC[C@@H]1CCCO1)[C@H]1Sc2nnc(-c3ccccc3)n2N[C@@H]1c1ccccc1. The van der Waals surface area contributed by atoms with Crippen molar-refractivity contribution >= 4 is 17.7 Å². The number of nitrogens with zero attached hydrogens (tertiary/aromatic N) is 3. The van der Waals surface area contributed by atoms with Gasteiger partial charge in [0.2, 0.25) is 11.1 Å². The minimum atomic E-state index is -0.367. The lowest BCUT2D eigenvalue weighted by Gasteiger charge is -2.33. The maximum Gasteiger partial charge on any atom is 0.236 e. The lowest BCUT2D eigenvalue weighted by Crippen LogP contribution is -2.45. The predicted octanol–water partition coefficient (Wildman–Crippen LogP) is 3.00. The standard InChI is InChI=1S/C22H23N5O2S/c28-21(23-14-17-12-7-13-29-17)19-18(15-8-3-1-4-9-15)26-27-20(24-25-22(27)30-19)16-10-5-2-6-11-16/h1-6,8-11,17-19,26H,7,12-14H2,(H,23,28)/t17-,18+,19-/m0/s1. The molecule has 0 bridgehead atoms. The van der Waals surface area contributed by atoms with E-state index >= 15 is 0 Å². The maximum atomic E-state index is 13.1. The largest absolute Gasteiger partial charge is 0.376 e. The number of fused-ring (bicyclic) bond motifs is 1. The van der Waals surface area contributed by atoms with Gasteiger partial charge < -0.3 is 15.5 Å². The fraction of sp³-hybridized carbons (Fsp3) is 0.318. The molecule has 8 heteroatoms. The van der Waals surface area contributed by atoms with Crippen LogP contribution in [0, 0.1) is 0 Å². The summed E-state index contributed by atoms with van der Waals surface area (Å²) in [6, 6.07) is 19.7. The molecule has 2 N–H and O–H groups in total. The van der Waals surface area contributed by atoms with Crippen molar-refractivity contribution in [1.82, 2.24) is 20.2 Å². The zero-order valence-electron chi connectivity index (χ0n) is 16.4. The van der Waals surface area contributed by atoms with E-state index in [0.717, 1.165) is 36.4 Å². The Morgan fingerprint density at radius 2 is 1.90 bits per heavy atom. The summed E-state index contributed by atoms with van der Waals surface area (Å²) in [5, 5.41) is 12.1. The van der Waals surface area contributed by atoms with Gasteiger partial charge in [0.25, 0.3) is 0 Å². The van der Waals surface area contributed by atoms with Crippen molar-refractivity contribution in [2.24, 2.45) is 0 Å². The van der Waals surface area contributed by atoms with E-state index in [0.29, 0.717) is 11.7 Å². The van der Waals surface area contributed by atoms with Crippen molar-refractivity contribution in [3.05, 3.63) is 66.2 Å². The highest BCUT2D eigenvalue weighted by molar-refractivity contribution is 8.00. The molecule has 0 aliphatic carbocycles. The highest BCUT2D eigenvalue weighted by Crippen LogP contribution is 2.38. The summed E-state index contributed by atoms with van der Waals surface area (Å²) >= 11 is 1.44. The number of thioether (sulfide) groups is 1. The van der Waals surface area contributed by atoms with Crippen LogP contribution in [-0.4, -0.2) is 45.3 Å². The molecular weight excluding hydrogens is 398 g/mol. The number of hydrogen-bond donors (Lipinski definition) is 2. The second kappa shape index (κ2) is 8.49. The number of amides is 1. The summed E-state index contributed by atoms with van der Waals surface area (Å²) in [7, 11) is 0. The smallest absolute Gasteiger partial charge is 0.236 e. The van der Waals surface area contributed by atoms with Crippen LogP contribution in [0.4, 0.5) is 0 Å². The lowest BCUT2D eigenvalue weighted by molar-refractivity contribution is -0.121. The van der Waals surface area contributed by atoms with Crippen molar-refractivity contribution in [2.75, 3.05) is 18.6 Å². The van der Waals surface area contributed by atoms with Crippen LogP contribution in [0.25, 0.3) is 11.4 Å². The van der Waals surface area contributed by atoms with Crippen molar-refractivity contribution in [3.63, 3.8) is 0 Å². The Kier molecular flexibility index (Phi) is 5.42. The third-order valence-electron chi connectivity index (χ3n) is 5.41. The summed E-state index contributed by atoms with van der Waals surface area (Å²) in [4.78, 5) is 13.1. The molecule has 7 nitrogen and oxygen atoms in total. The number of carbonyl (C=O) groups is 1. The fourth-order valence-electron chi connectivity index (χ4n) is 3.86.